The van der Waals surface area contributed by atoms with E-state index in [0.29, 0.717) is 30.6 Å². The zero-order chi connectivity index (χ0) is 15.1. The summed E-state index contributed by atoms with van der Waals surface area (Å²) < 4.78 is 16.6. The number of carbonyl (C=O) groups is 1. The fraction of sp³-hybridized carbons (Fsp3) is 0.562. The second kappa shape index (κ2) is 7.88. The predicted molar refractivity (Wildman–Crippen MR) is 79.6 cm³/mol. The van der Waals surface area contributed by atoms with Gasteiger partial charge >= 0.3 is 0 Å². The highest BCUT2D eigenvalue weighted by molar-refractivity contribution is 5.81. The molecule has 0 radical (unpaired) electrons. The number of hydrogen-bond donors (Lipinski definition) is 1. The first-order valence-corrected chi connectivity index (χ1v) is 7.40. The van der Waals surface area contributed by atoms with Crippen molar-refractivity contribution in [2.24, 2.45) is 5.92 Å². The van der Waals surface area contributed by atoms with Gasteiger partial charge in [-0.25, -0.2) is 0 Å². The van der Waals surface area contributed by atoms with Gasteiger partial charge in [-0.3, -0.25) is 4.79 Å². The number of benzene rings is 1. The predicted octanol–water partition coefficient (Wildman–Crippen LogP) is 2.01. The molecular formula is C16H23NO4. The van der Waals surface area contributed by atoms with Gasteiger partial charge in [0.1, 0.15) is 6.61 Å². The highest BCUT2D eigenvalue weighted by atomic mass is 16.6. The molecule has 5 nitrogen and oxygen atoms in total. The lowest BCUT2D eigenvalue weighted by Gasteiger charge is -2.25. The first-order valence-electron chi connectivity index (χ1n) is 7.40. The summed E-state index contributed by atoms with van der Waals surface area (Å²) in [5, 5.41) is 2.85. The van der Waals surface area contributed by atoms with Crippen LogP contribution in [0.2, 0.25) is 0 Å². The number of rotatable bonds is 7. The molecule has 0 aromatic heterocycles. The van der Waals surface area contributed by atoms with Crippen molar-refractivity contribution in [2.75, 3.05) is 26.4 Å². The van der Waals surface area contributed by atoms with Gasteiger partial charge in [-0.05, 0) is 24.5 Å². The van der Waals surface area contributed by atoms with Crippen molar-refractivity contribution in [1.82, 2.24) is 5.32 Å². The van der Waals surface area contributed by atoms with Crippen molar-refractivity contribution in [3.05, 3.63) is 24.3 Å². The third-order valence-corrected chi connectivity index (χ3v) is 3.02. The van der Waals surface area contributed by atoms with E-state index in [2.05, 4.69) is 19.2 Å². The first-order chi connectivity index (χ1) is 10.2. The SMILES string of the molecule is CC(C)COCCCNC(=O)C1COc2ccccc2O1. The van der Waals surface area contributed by atoms with Crippen LogP contribution >= 0.6 is 0 Å². The molecule has 1 aliphatic heterocycles. The monoisotopic (exact) mass is 293 g/mol. The minimum Gasteiger partial charge on any atom is -0.485 e. The van der Waals surface area contributed by atoms with Crippen LogP contribution in [-0.2, 0) is 9.53 Å². The van der Waals surface area contributed by atoms with Gasteiger partial charge in [-0.1, -0.05) is 26.0 Å². The van der Waals surface area contributed by atoms with Gasteiger partial charge in [0.15, 0.2) is 11.5 Å². The first kappa shape index (κ1) is 15.6. The minimum absolute atomic E-state index is 0.145. The van der Waals surface area contributed by atoms with E-state index < -0.39 is 6.10 Å². The molecule has 0 bridgehead atoms. The lowest BCUT2D eigenvalue weighted by molar-refractivity contribution is -0.130. The van der Waals surface area contributed by atoms with Crippen LogP contribution in [0.1, 0.15) is 20.3 Å². The lowest BCUT2D eigenvalue weighted by atomic mass is 10.2. The molecule has 0 fully saturated rings. The topological polar surface area (TPSA) is 56.8 Å². The highest BCUT2D eigenvalue weighted by Crippen LogP contribution is 2.30. The molecule has 0 aliphatic carbocycles. The van der Waals surface area contributed by atoms with Gasteiger partial charge in [-0.2, -0.15) is 0 Å². The Morgan fingerprint density at radius 2 is 2.14 bits per heavy atom. The van der Waals surface area contributed by atoms with E-state index in [0.717, 1.165) is 13.0 Å². The molecule has 2 rings (SSSR count). The summed E-state index contributed by atoms with van der Waals surface area (Å²) in [6, 6.07) is 7.36. The Morgan fingerprint density at radius 1 is 1.38 bits per heavy atom. The Balaban J connectivity index is 1.66. The van der Waals surface area contributed by atoms with Crippen LogP contribution in [0.25, 0.3) is 0 Å². The van der Waals surface area contributed by atoms with Crippen molar-refractivity contribution < 1.29 is 19.0 Å². The molecule has 1 unspecified atom stereocenters. The van der Waals surface area contributed by atoms with Crippen molar-refractivity contribution in [2.45, 2.75) is 26.4 Å². The molecule has 0 saturated heterocycles. The van der Waals surface area contributed by atoms with Gasteiger partial charge in [0, 0.05) is 19.8 Å². The molecule has 1 N–H and O–H groups in total. The molecule has 0 spiro atoms. The van der Waals surface area contributed by atoms with E-state index in [-0.39, 0.29) is 12.5 Å². The summed E-state index contributed by atoms with van der Waals surface area (Å²) in [5.41, 5.74) is 0. The second-order valence-electron chi connectivity index (χ2n) is 5.48. The van der Waals surface area contributed by atoms with E-state index in [1.165, 1.54) is 0 Å². The number of nitrogens with one attached hydrogen (secondary N) is 1. The summed E-state index contributed by atoms with van der Waals surface area (Å²) >= 11 is 0. The third kappa shape index (κ3) is 4.93. The minimum atomic E-state index is -0.587. The van der Waals surface area contributed by atoms with E-state index in [9.17, 15) is 4.79 Å². The number of para-hydroxylation sites is 2. The molecule has 0 saturated carbocycles. The zero-order valence-electron chi connectivity index (χ0n) is 12.6. The number of carbonyl (C=O) groups excluding carboxylic acids is 1. The van der Waals surface area contributed by atoms with Crippen molar-refractivity contribution in [3.8, 4) is 11.5 Å². The molecule has 1 aromatic carbocycles. The van der Waals surface area contributed by atoms with E-state index in [4.69, 9.17) is 14.2 Å². The molecule has 1 aliphatic rings. The Hall–Kier alpha value is -1.75. The molecule has 1 aromatic rings. The van der Waals surface area contributed by atoms with E-state index >= 15 is 0 Å². The molecule has 1 heterocycles. The second-order valence-corrected chi connectivity index (χ2v) is 5.48. The van der Waals surface area contributed by atoms with E-state index in [1.54, 1.807) is 6.07 Å². The third-order valence-electron chi connectivity index (χ3n) is 3.02. The standard InChI is InChI=1S/C16H23NO4/c1-12(2)10-19-9-5-8-17-16(18)15-11-20-13-6-3-4-7-14(13)21-15/h3-4,6-7,12,15H,5,8-11H2,1-2H3,(H,17,18). The Labute approximate surface area is 125 Å². The van der Waals surface area contributed by atoms with Crippen LogP contribution in [0.15, 0.2) is 24.3 Å². The van der Waals surface area contributed by atoms with Crippen LogP contribution in [0.3, 0.4) is 0 Å². The van der Waals surface area contributed by atoms with Crippen molar-refractivity contribution >= 4 is 5.91 Å². The maximum Gasteiger partial charge on any atom is 0.264 e. The van der Waals surface area contributed by atoms with Crippen LogP contribution in [0.4, 0.5) is 0 Å². The Morgan fingerprint density at radius 3 is 2.90 bits per heavy atom. The summed E-state index contributed by atoms with van der Waals surface area (Å²) in [5.74, 6) is 1.69. The molecule has 116 valence electrons. The van der Waals surface area contributed by atoms with Crippen LogP contribution < -0.4 is 14.8 Å². The van der Waals surface area contributed by atoms with Gasteiger partial charge in [0.25, 0.3) is 5.91 Å². The number of hydrogen-bond acceptors (Lipinski definition) is 4. The van der Waals surface area contributed by atoms with E-state index in [1.807, 2.05) is 18.2 Å². The van der Waals surface area contributed by atoms with Gasteiger partial charge < -0.3 is 19.5 Å². The number of amides is 1. The maximum absolute atomic E-state index is 12.0. The normalized spacial score (nSPS) is 16.8. The highest BCUT2D eigenvalue weighted by Gasteiger charge is 2.26. The molecule has 1 amide bonds. The summed E-state index contributed by atoms with van der Waals surface area (Å²) in [6.45, 7) is 6.46. The number of ether oxygens (including phenoxy) is 3. The van der Waals surface area contributed by atoms with Gasteiger partial charge in [0.2, 0.25) is 6.10 Å². The largest absolute Gasteiger partial charge is 0.485 e. The van der Waals surface area contributed by atoms with Crippen molar-refractivity contribution in [3.63, 3.8) is 0 Å². The Kier molecular flexibility index (Phi) is 5.87. The summed E-state index contributed by atoms with van der Waals surface area (Å²) in [7, 11) is 0. The van der Waals surface area contributed by atoms with Crippen LogP contribution in [0, 0.1) is 5.92 Å². The van der Waals surface area contributed by atoms with Crippen molar-refractivity contribution in [1.29, 1.82) is 0 Å². The lowest BCUT2D eigenvalue weighted by Crippen LogP contribution is -2.44. The quantitative estimate of drug-likeness (QED) is 0.781. The van der Waals surface area contributed by atoms with Crippen LogP contribution in [0.5, 0.6) is 11.5 Å². The van der Waals surface area contributed by atoms with Crippen LogP contribution in [-0.4, -0.2) is 38.4 Å². The average molecular weight is 293 g/mol. The Bertz CT molecular complexity index is 461. The molecule has 1 atom stereocenters. The molecule has 5 heteroatoms. The molecular weight excluding hydrogens is 270 g/mol. The number of fused-ring (bicyclic) bond motifs is 1. The average Bonchev–Trinajstić information content (AvgIpc) is 2.49. The smallest absolute Gasteiger partial charge is 0.264 e. The van der Waals surface area contributed by atoms with Gasteiger partial charge in [0.05, 0.1) is 0 Å². The van der Waals surface area contributed by atoms with Gasteiger partial charge in [-0.15, -0.1) is 0 Å². The zero-order valence-corrected chi connectivity index (χ0v) is 12.6. The summed E-state index contributed by atoms with van der Waals surface area (Å²) in [6.07, 6.45) is 0.208. The summed E-state index contributed by atoms with van der Waals surface area (Å²) in [4.78, 5) is 12.0. The fourth-order valence-electron chi connectivity index (χ4n) is 1.97. The maximum atomic E-state index is 12.0. The molecule has 21 heavy (non-hydrogen) atoms. The fourth-order valence-corrected chi connectivity index (χ4v) is 1.97.